The number of benzene rings is 1. The van der Waals surface area contributed by atoms with Gasteiger partial charge >= 0.3 is 0 Å². The summed E-state index contributed by atoms with van der Waals surface area (Å²) < 4.78 is 5.57. The molecule has 6 nitrogen and oxygen atoms in total. The van der Waals surface area contributed by atoms with Gasteiger partial charge < -0.3 is 9.64 Å². The zero-order valence-electron chi connectivity index (χ0n) is 12.8. The molecule has 2 heterocycles. The summed E-state index contributed by atoms with van der Waals surface area (Å²) in [5, 5.41) is 7.83. The third kappa shape index (κ3) is 1.56. The summed E-state index contributed by atoms with van der Waals surface area (Å²) in [6.45, 7) is 3.63. The first-order valence-electron chi connectivity index (χ1n) is 7.39. The second-order valence-corrected chi connectivity index (χ2v) is 6.20. The number of ether oxygens (including phenoxy) is 1. The molecule has 0 spiro atoms. The van der Waals surface area contributed by atoms with Gasteiger partial charge in [-0.2, -0.15) is 5.10 Å². The summed E-state index contributed by atoms with van der Waals surface area (Å²) in [4.78, 5) is 26.7. The normalized spacial score (nSPS) is 24.1. The maximum absolute atomic E-state index is 12.8. The third-order valence-electron chi connectivity index (χ3n) is 4.82. The Morgan fingerprint density at radius 2 is 2.05 bits per heavy atom. The topological polar surface area (TPSA) is 75.3 Å². The van der Waals surface area contributed by atoms with E-state index in [0.29, 0.717) is 5.39 Å². The molecule has 1 unspecified atom stereocenters. The zero-order valence-corrected chi connectivity index (χ0v) is 12.8. The fourth-order valence-corrected chi connectivity index (χ4v) is 3.26. The van der Waals surface area contributed by atoms with Crippen LogP contribution in [0.3, 0.4) is 0 Å². The summed E-state index contributed by atoms with van der Waals surface area (Å²) in [5.74, 6) is -0.0511. The average molecular weight is 299 g/mol. The van der Waals surface area contributed by atoms with Crippen molar-refractivity contribution in [2.75, 3.05) is 12.0 Å². The Morgan fingerprint density at radius 3 is 2.68 bits per heavy atom. The third-order valence-corrected chi connectivity index (χ3v) is 4.82. The summed E-state index contributed by atoms with van der Waals surface area (Å²) in [6, 6.07) is 3.91. The van der Waals surface area contributed by atoms with Crippen LogP contribution in [0.5, 0.6) is 0 Å². The van der Waals surface area contributed by atoms with E-state index >= 15 is 0 Å². The Labute approximate surface area is 127 Å². The van der Waals surface area contributed by atoms with Crippen molar-refractivity contribution in [1.29, 1.82) is 0 Å². The number of aromatic amines is 1. The van der Waals surface area contributed by atoms with E-state index in [-0.39, 0.29) is 17.5 Å². The van der Waals surface area contributed by atoms with Crippen molar-refractivity contribution in [2.24, 2.45) is 0 Å². The fraction of sp³-hybridized carbons (Fsp3) is 0.438. The minimum Gasteiger partial charge on any atom is -0.364 e. The quantitative estimate of drug-likeness (QED) is 0.914. The molecule has 1 saturated carbocycles. The van der Waals surface area contributed by atoms with Gasteiger partial charge in [-0.05, 0) is 38.8 Å². The maximum Gasteiger partial charge on any atom is 0.272 e. The molecule has 1 aliphatic heterocycles. The number of carbonyl (C=O) groups is 1. The molecule has 1 N–H and O–H groups in total. The number of aromatic nitrogens is 2. The molecule has 1 aromatic carbocycles. The van der Waals surface area contributed by atoms with Crippen LogP contribution in [0.1, 0.15) is 31.0 Å². The molecule has 0 radical (unpaired) electrons. The van der Waals surface area contributed by atoms with Gasteiger partial charge in [0, 0.05) is 24.1 Å². The Hall–Kier alpha value is -2.21. The highest BCUT2D eigenvalue weighted by molar-refractivity contribution is 6.10. The molecule has 22 heavy (non-hydrogen) atoms. The average Bonchev–Trinajstić information content (AvgIpc) is 3.31. The summed E-state index contributed by atoms with van der Waals surface area (Å²) in [7, 11) is 1.55. The molecule has 1 fully saturated rings. The van der Waals surface area contributed by atoms with Crippen molar-refractivity contribution in [3.05, 3.63) is 33.7 Å². The van der Waals surface area contributed by atoms with Gasteiger partial charge in [0.2, 0.25) is 0 Å². The van der Waals surface area contributed by atoms with Crippen LogP contribution < -0.4 is 10.5 Å². The lowest BCUT2D eigenvalue weighted by molar-refractivity contribution is -0.137. The van der Waals surface area contributed by atoms with Gasteiger partial charge in [0.1, 0.15) is 0 Å². The molecule has 2 aliphatic rings. The predicted molar refractivity (Wildman–Crippen MR) is 82.0 cm³/mol. The van der Waals surface area contributed by atoms with Crippen LogP contribution in [-0.4, -0.2) is 29.3 Å². The predicted octanol–water partition coefficient (Wildman–Crippen LogP) is 1.60. The van der Waals surface area contributed by atoms with E-state index in [9.17, 15) is 9.59 Å². The van der Waals surface area contributed by atoms with E-state index in [0.717, 1.165) is 35.2 Å². The van der Waals surface area contributed by atoms with Crippen LogP contribution in [0, 0.1) is 6.92 Å². The van der Waals surface area contributed by atoms with Gasteiger partial charge in [0.15, 0.2) is 5.60 Å². The van der Waals surface area contributed by atoms with Gasteiger partial charge in [-0.25, -0.2) is 5.10 Å². The Balaban J connectivity index is 2.08. The Morgan fingerprint density at radius 1 is 1.32 bits per heavy atom. The lowest BCUT2D eigenvalue weighted by Crippen LogP contribution is -2.40. The Kier molecular flexibility index (Phi) is 2.55. The smallest absolute Gasteiger partial charge is 0.272 e. The number of methoxy groups -OCH3 is 1. The van der Waals surface area contributed by atoms with E-state index in [1.807, 2.05) is 13.0 Å². The van der Waals surface area contributed by atoms with Crippen molar-refractivity contribution >= 4 is 22.4 Å². The molecule has 1 amide bonds. The number of amides is 1. The molecular weight excluding hydrogens is 282 g/mol. The summed E-state index contributed by atoms with van der Waals surface area (Å²) in [5.41, 5.74) is 1.10. The monoisotopic (exact) mass is 299 g/mol. The van der Waals surface area contributed by atoms with Crippen LogP contribution >= 0.6 is 0 Å². The summed E-state index contributed by atoms with van der Waals surface area (Å²) in [6.07, 6.45) is 1.99. The molecule has 4 rings (SSSR count). The molecule has 0 bridgehead atoms. The van der Waals surface area contributed by atoms with Crippen molar-refractivity contribution < 1.29 is 9.53 Å². The Bertz CT molecular complexity index is 869. The number of aryl methyl sites for hydroxylation is 1. The number of fused-ring (bicyclic) bond motifs is 2. The van der Waals surface area contributed by atoms with E-state index < -0.39 is 5.60 Å². The van der Waals surface area contributed by atoms with Crippen molar-refractivity contribution in [3.63, 3.8) is 0 Å². The summed E-state index contributed by atoms with van der Waals surface area (Å²) >= 11 is 0. The van der Waals surface area contributed by atoms with Crippen LogP contribution in [0.25, 0.3) is 10.8 Å². The minimum absolute atomic E-state index is 0.0511. The SMILES string of the molecule is COC1(C)C(=O)N(C2CC2)c2cc3c(=O)[nH]nc(C)c3cc21. The fourth-order valence-electron chi connectivity index (χ4n) is 3.26. The van der Waals surface area contributed by atoms with E-state index in [1.165, 1.54) is 0 Å². The molecule has 1 aliphatic carbocycles. The van der Waals surface area contributed by atoms with Gasteiger partial charge in [-0.1, -0.05) is 0 Å². The largest absolute Gasteiger partial charge is 0.364 e. The lowest BCUT2D eigenvalue weighted by atomic mass is 9.95. The first kappa shape index (κ1) is 13.5. The molecule has 2 aromatic rings. The number of H-pyrrole nitrogens is 1. The number of carbonyl (C=O) groups excluding carboxylic acids is 1. The number of rotatable bonds is 2. The second-order valence-electron chi connectivity index (χ2n) is 6.20. The number of hydrogen-bond donors (Lipinski definition) is 1. The van der Waals surface area contributed by atoms with Crippen molar-refractivity contribution in [2.45, 2.75) is 38.3 Å². The molecular formula is C16H17N3O3. The number of anilines is 1. The highest BCUT2D eigenvalue weighted by Crippen LogP contribution is 2.48. The van der Waals surface area contributed by atoms with Crippen LogP contribution in [-0.2, 0) is 15.1 Å². The highest BCUT2D eigenvalue weighted by atomic mass is 16.5. The molecule has 0 saturated heterocycles. The van der Waals surface area contributed by atoms with E-state index in [1.54, 1.807) is 25.0 Å². The zero-order chi connectivity index (χ0) is 15.6. The molecule has 114 valence electrons. The molecule has 6 heteroatoms. The van der Waals surface area contributed by atoms with Gasteiger partial charge in [0.05, 0.1) is 16.8 Å². The van der Waals surface area contributed by atoms with Gasteiger partial charge in [-0.15, -0.1) is 0 Å². The first-order chi connectivity index (χ1) is 10.5. The maximum atomic E-state index is 12.8. The van der Waals surface area contributed by atoms with Crippen molar-refractivity contribution in [3.8, 4) is 0 Å². The van der Waals surface area contributed by atoms with E-state index in [2.05, 4.69) is 10.2 Å². The minimum atomic E-state index is -0.999. The second kappa shape index (κ2) is 4.16. The first-order valence-corrected chi connectivity index (χ1v) is 7.39. The lowest BCUT2D eigenvalue weighted by Gasteiger charge is -2.22. The number of nitrogens with zero attached hydrogens (tertiary/aromatic N) is 2. The van der Waals surface area contributed by atoms with Crippen LogP contribution in [0.4, 0.5) is 5.69 Å². The van der Waals surface area contributed by atoms with Crippen molar-refractivity contribution in [1.82, 2.24) is 10.2 Å². The molecule has 1 aromatic heterocycles. The van der Waals surface area contributed by atoms with Gasteiger partial charge in [0.25, 0.3) is 11.5 Å². The van der Waals surface area contributed by atoms with Crippen LogP contribution in [0.2, 0.25) is 0 Å². The standard InChI is InChI=1S/C16H17N3O3/c1-8-10-6-12-13(7-11(10)14(20)18-17-8)19(9-4-5-9)15(21)16(12,2)22-3/h6-7,9H,4-5H2,1-3H3,(H,18,20). The highest BCUT2D eigenvalue weighted by Gasteiger charge is 2.52. The van der Waals surface area contributed by atoms with Gasteiger partial charge in [-0.3, -0.25) is 9.59 Å². The number of nitrogens with one attached hydrogen (secondary N) is 1. The number of hydrogen-bond acceptors (Lipinski definition) is 4. The van der Waals surface area contributed by atoms with Crippen LogP contribution in [0.15, 0.2) is 16.9 Å². The van der Waals surface area contributed by atoms with E-state index in [4.69, 9.17) is 4.74 Å². The molecule has 1 atom stereocenters.